The quantitative estimate of drug-likeness (QED) is 0.785. The first-order valence-electron chi connectivity index (χ1n) is 7.48. The monoisotopic (exact) mass is 293 g/mol. The lowest BCUT2D eigenvalue weighted by molar-refractivity contribution is 0.144. The number of carbonyl (C=O) groups excluding carboxylic acids is 1. The molecule has 2 aromatic rings. The molecule has 3 nitrogen and oxygen atoms in total. The molecule has 3 rings (SSSR count). The average molecular weight is 293 g/mol. The van der Waals surface area contributed by atoms with Crippen LogP contribution in [0.5, 0.6) is 0 Å². The minimum absolute atomic E-state index is 0.0925. The van der Waals surface area contributed by atoms with Gasteiger partial charge in [-0.15, -0.1) is 0 Å². The molecular weight excluding hydrogens is 274 g/mol. The number of hydrogen-bond acceptors (Lipinski definition) is 2. The predicted molar refractivity (Wildman–Crippen MR) is 86.3 cm³/mol. The minimum Gasteiger partial charge on any atom is -0.439 e. The fourth-order valence-electron chi connectivity index (χ4n) is 2.84. The number of allylic oxidation sites excluding steroid dienone is 1. The van der Waals surface area contributed by atoms with Crippen molar-refractivity contribution in [1.29, 1.82) is 0 Å². The molecule has 1 aliphatic rings. The number of carbonyl (C=O) groups is 1. The molecule has 0 bridgehead atoms. The summed E-state index contributed by atoms with van der Waals surface area (Å²) in [7, 11) is 0. The van der Waals surface area contributed by atoms with Crippen LogP contribution in [0.1, 0.15) is 24.1 Å². The van der Waals surface area contributed by atoms with E-state index in [1.807, 2.05) is 79.7 Å². The Morgan fingerprint density at radius 2 is 1.68 bits per heavy atom. The smallest absolute Gasteiger partial charge is 0.411 e. The predicted octanol–water partition coefficient (Wildman–Crippen LogP) is 4.32. The summed E-state index contributed by atoms with van der Waals surface area (Å²) in [4.78, 5) is 14.1. The van der Waals surface area contributed by atoms with Gasteiger partial charge in [0.15, 0.2) is 0 Å². The first kappa shape index (κ1) is 14.4. The molecule has 1 aliphatic heterocycles. The Morgan fingerprint density at radius 3 is 2.32 bits per heavy atom. The van der Waals surface area contributed by atoms with E-state index in [9.17, 15) is 4.79 Å². The summed E-state index contributed by atoms with van der Waals surface area (Å²) in [6, 6.07) is 20.0. The molecule has 0 spiro atoms. The summed E-state index contributed by atoms with van der Waals surface area (Å²) in [6.07, 6.45) is 3.37. The summed E-state index contributed by atoms with van der Waals surface area (Å²) in [5.41, 5.74) is 2.19. The van der Waals surface area contributed by atoms with Gasteiger partial charge >= 0.3 is 6.09 Å². The van der Waals surface area contributed by atoms with Crippen LogP contribution in [0.4, 0.5) is 4.79 Å². The number of ether oxygens (including phenoxy) is 1. The van der Waals surface area contributed by atoms with Crippen molar-refractivity contribution in [1.82, 2.24) is 4.90 Å². The molecule has 2 aromatic carbocycles. The van der Waals surface area contributed by atoms with Gasteiger partial charge in [0.05, 0.1) is 0 Å². The van der Waals surface area contributed by atoms with Crippen LogP contribution in [-0.2, 0) is 11.3 Å². The molecule has 22 heavy (non-hydrogen) atoms. The second-order valence-corrected chi connectivity index (χ2v) is 5.34. The Kier molecular flexibility index (Phi) is 4.24. The Balaban J connectivity index is 1.93. The topological polar surface area (TPSA) is 29.5 Å². The minimum atomic E-state index is -0.263. The zero-order valence-corrected chi connectivity index (χ0v) is 12.6. The van der Waals surface area contributed by atoms with Gasteiger partial charge in [-0.25, -0.2) is 4.79 Å². The number of amides is 1. The van der Waals surface area contributed by atoms with Crippen LogP contribution in [-0.4, -0.2) is 17.1 Å². The van der Waals surface area contributed by atoms with E-state index in [-0.39, 0.29) is 18.2 Å². The second-order valence-electron chi connectivity index (χ2n) is 5.34. The van der Waals surface area contributed by atoms with Crippen LogP contribution in [0.25, 0.3) is 0 Å². The molecule has 0 N–H and O–H groups in total. The van der Waals surface area contributed by atoms with E-state index in [2.05, 4.69) is 0 Å². The molecule has 0 radical (unpaired) electrons. The molecule has 1 amide bonds. The summed E-state index contributed by atoms with van der Waals surface area (Å²) in [5, 5.41) is 0. The van der Waals surface area contributed by atoms with E-state index >= 15 is 0 Å². The van der Waals surface area contributed by atoms with Gasteiger partial charge in [-0.2, -0.15) is 0 Å². The van der Waals surface area contributed by atoms with Gasteiger partial charge in [-0.05, 0) is 24.1 Å². The van der Waals surface area contributed by atoms with Crippen LogP contribution >= 0.6 is 0 Å². The number of cyclic esters (lactones) is 1. The van der Waals surface area contributed by atoms with Crippen LogP contribution in [0, 0.1) is 0 Å². The summed E-state index contributed by atoms with van der Waals surface area (Å²) >= 11 is 0. The van der Waals surface area contributed by atoms with Crippen molar-refractivity contribution < 1.29 is 9.53 Å². The normalized spacial score (nSPS) is 21.3. The van der Waals surface area contributed by atoms with Crippen molar-refractivity contribution in [2.24, 2.45) is 0 Å². The van der Waals surface area contributed by atoms with Crippen LogP contribution in [0.15, 0.2) is 72.8 Å². The highest BCUT2D eigenvalue weighted by molar-refractivity contribution is 5.71. The van der Waals surface area contributed by atoms with Crippen LogP contribution in [0.2, 0.25) is 0 Å². The highest BCUT2D eigenvalue weighted by Gasteiger charge is 2.41. The van der Waals surface area contributed by atoms with Gasteiger partial charge in [0, 0.05) is 6.54 Å². The van der Waals surface area contributed by atoms with Gasteiger partial charge in [-0.3, -0.25) is 4.90 Å². The number of benzene rings is 2. The Bertz CT molecular complexity index is 652. The van der Waals surface area contributed by atoms with E-state index in [1.165, 1.54) is 0 Å². The summed E-state index contributed by atoms with van der Waals surface area (Å²) in [5.74, 6) is 0. The molecule has 1 fully saturated rings. The molecular formula is C19H19NO2. The van der Waals surface area contributed by atoms with Gasteiger partial charge in [0.1, 0.15) is 12.1 Å². The summed E-state index contributed by atoms with van der Waals surface area (Å²) < 4.78 is 5.55. The SMILES string of the molecule is CC=CC1OC(=O)N(Cc2ccccc2)C1c1ccccc1. The first-order valence-corrected chi connectivity index (χ1v) is 7.48. The largest absolute Gasteiger partial charge is 0.439 e. The zero-order valence-electron chi connectivity index (χ0n) is 12.6. The Hall–Kier alpha value is -2.55. The van der Waals surface area contributed by atoms with Crippen molar-refractivity contribution in [3.63, 3.8) is 0 Å². The summed E-state index contributed by atoms with van der Waals surface area (Å²) in [6.45, 7) is 2.49. The third-order valence-electron chi connectivity index (χ3n) is 3.84. The lowest BCUT2D eigenvalue weighted by atomic mass is 10.00. The number of hydrogen-bond donors (Lipinski definition) is 0. The molecule has 0 aromatic heterocycles. The van der Waals surface area contributed by atoms with Crippen LogP contribution < -0.4 is 0 Å². The molecule has 112 valence electrons. The molecule has 1 heterocycles. The van der Waals surface area contributed by atoms with Gasteiger partial charge in [-0.1, -0.05) is 66.7 Å². The van der Waals surface area contributed by atoms with Crippen molar-refractivity contribution >= 4 is 6.09 Å². The van der Waals surface area contributed by atoms with E-state index in [0.29, 0.717) is 6.54 Å². The van der Waals surface area contributed by atoms with E-state index in [0.717, 1.165) is 11.1 Å². The van der Waals surface area contributed by atoms with Gasteiger partial charge < -0.3 is 4.74 Å². The molecule has 0 saturated carbocycles. The average Bonchev–Trinajstić information content (AvgIpc) is 2.85. The van der Waals surface area contributed by atoms with Crippen LogP contribution in [0.3, 0.4) is 0 Å². The molecule has 3 heteroatoms. The van der Waals surface area contributed by atoms with Crippen molar-refractivity contribution in [3.05, 3.63) is 83.9 Å². The number of rotatable bonds is 4. The van der Waals surface area contributed by atoms with Gasteiger partial charge in [0.2, 0.25) is 0 Å². The molecule has 0 aliphatic carbocycles. The first-order chi connectivity index (χ1) is 10.8. The zero-order chi connectivity index (χ0) is 15.4. The Labute approximate surface area is 130 Å². The van der Waals surface area contributed by atoms with Crippen molar-refractivity contribution in [3.8, 4) is 0 Å². The standard InChI is InChI=1S/C19H19NO2/c1-2-9-17-18(16-12-7-4-8-13-16)20(19(21)22-17)14-15-10-5-3-6-11-15/h2-13,17-18H,14H2,1H3. The van der Waals surface area contributed by atoms with Crippen molar-refractivity contribution in [2.75, 3.05) is 0 Å². The highest BCUT2D eigenvalue weighted by atomic mass is 16.6. The lowest BCUT2D eigenvalue weighted by Crippen LogP contribution is -2.28. The van der Waals surface area contributed by atoms with E-state index < -0.39 is 0 Å². The fourth-order valence-corrected chi connectivity index (χ4v) is 2.84. The third-order valence-corrected chi connectivity index (χ3v) is 3.84. The van der Waals surface area contributed by atoms with E-state index in [1.54, 1.807) is 4.90 Å². The molecule has 1 saturated heterocycles. The third kappa shape index (κ3) is 2.89. The molecule has 2 atom stereocenters. The maximum Gasteiger partial charge on any atom is 0.411 e. The fraction of sp³-hybridized carbons (Fsp3) is 0.211. The maximum atomic E-state index is 12.3. The second kappa shape index (κ2) is 6.48. The van der Waals surface area contributed by atoms with E-state index in [4.69, 9.17) is 4.74 Å². The molecule has 2 unspecified atom stereocenters. The lowest BCUT2D eigenvalue weighted by Gasteiger charge is -2.24. The number of nitrogens with zero attached hydrogens (tertiary/aromatic N) is 1. The van der Waals surface area contributed by atoms with Gasteiger partial charge in [0.25, 0.3) is 0 Å². The van der Waals surface area contributed by atoms with Crippen molar-refractivity contribution in [2.45, 2.75) is 25.6 Å². The maximum absolute atomic E-state index is 12.3. The highest BCUT2D eigenvalue weighted by Crippen LogP contribution is 2.35. The Morgan fingerprint density at radius 1 is 1.05 bits per heavy atom.